The summed E-state index contributed by atoms with van der Waals surface area (Å²) < 4.78 is 5.33. The first-order chi connectivity index (χ1) is 10.2. The van der Waals surface area contributed by atoms with Crippen molar-refractivity contribution in [3.8, 4) is 0 Å². The second kappa shape index (κ2) is 5.99. The number of aliphatic carboxylic acids is 1. The van der Waals surface area contributed by atoms with E-state index >= 15 is 0 Å². The summed E-state index contributed by atoms with van der Waals surface area (Å²) in [5.74, 6) is -1.19. The number of carboxylic acids is 1. The van der Waals surface area contributed by atoms with Crippen LogP contribution in [0.25, 0.3) is 0 Å². The summed E-state index contributed by atoms with van der Waals surface area (Å²) in [6.07, 6.45) is 0.0636. The number of likely N-dealkylation sites (tertiary alicyclic amines) is 1. The van der Waals surface area contributed by atoms with Gasteiger partial charge in [-0.15, -0.1) is 0 Å². The van der Waals surface area contributed by atoms with Crippen molar-refractivity contribution < 1.29 is 19.4 Å². The minimum Gasteiger partial charge on any atom is -0.480 e. The molecule has 1 N–H and O–H groups in total. The Morgan fingerprint density at radius 1 is 1.23 bits per heavy atom. The molecule has 0 radical (unpaired) electrons. The predicted molar refractivity (Wildman–Crippen MR) is 82.9 cm³/mol. The van der Waals surface area contributed by atoms with Gasteiger partial charge in [-0.3, -0.25) is 4.90 Å². The molecule has 1 aliphatic rings. The standard InChI is InChI=1S/C17H23NO4/c1-11-5-7-12(8-6-11)13-9-10-18(14(13)15(19)20)16(21)22-17(2,3)4/h5-8,13-14H,9-10H2,1-4H3,(H,19,20)/t13-,14-/m1/s1. The van der Waals surface area contributed by atoms with Crippen LogP contribution < -0.4 is 0 Å². The van der Waals surface area contributed by atoms with Crippen LogP contribution in [0.3, 0.4) is 0 Å². The number of amides is 1. The van der Waals surface area contributed by atoms with E-state index in [1.54, 1.807) is 20.8 Å². The molecule has 5 nitrogen and oxygen atoms in total. The zero-order valence-corrected chi connectivity index (χ0v) is 13.5. The van der Waals surface area contributed by atoms with Crippen LogP contribution in [0.5, 0.6) is 0 Å². The highest BCUT2D eigenvalue weighted by Gasteiger charge is 2.44. The van der Waals surface area contributed by atoms with Gasteiger partial charge in [0.15, 0.2) is 0 Å². The molecule has 1 amide bonds. The zero-order valence-electron chi connectivity index (χ0n) is 13.5. The first-order valence-corrected chi connectivity index (χ1v) is 7.48. The molecule has 0 spiro atoms. The van der Waals surface area contributed by atoms with Crippen LogP contribution in [0.2, 0.25) is 0 Å². The number of carbonyl (C=O) groups is 2. The van der Waals surface area contributed by atoms with Crippen molar-refractivity contribution in [3.05, 3.63) is 35.4 Å². The summed E-state index contributed by atoms with van der Waals surface area (Å²) in [6.45, 7) is 7.70. The lowest BCUT2D eigenvalue weighted by Crippen LogP contribution is -2.45. The maximum absolute atomic E-state index is 12.2. The summed E-state index contributed by atoms with van der Waals surface area (Å²) >= 11 is 0. The van der Waals surface area contributed by atoms with Crippen molar-refractivity contribution >= 4 is 12.1 Å². The van der Waals surface area contributed by atoms with Crippen molar-refractivity contribution in [2.45, 2.75) is 51.7 Å². The van der Waals surface area contributed by atoms with Crippen molar-refractivity contribution in [1.29, 1.82) is 0 Å². The van der Waals surface area contributed by atoms with Crippen LogP contribution in [0, 0.1) is 6.92 Å². The van der Waals surface area contributed by atoms with Gasteiger partial charge in [-0.25, -0.2) is 9.59 Å². The van der Waals surface area contributed by atoms with E-state index in [9.17, 15) is 14.7 Å². The molecule has 1 heterocycles. The molecule has 120 valence electrons. The van der Waals surface area contributed by atoms with Crippen LogP contribution in [0.1, 0.15) is 44.2 Å². The van der Waals surface area contributed by atoms with Crippen LogP contribution >= 0.6 is 0 Å². The first kappa shape index (κ1) is 16.3. The minimum atomic E-state index is -0.992. The highest BCUT2D eigenvalue weighted by Crippen LogP contribution is 2.34. The Labute approximate surface area is 130 Å². The minimum absolute atomic E-state index is 0.203. The summed E-state index contributed by atoms with van der Waals surface area (Å²) in [7, 11) is 0. The molecule has 2 rings (SSSR count). The normalized spacial score (nSPS) is 21.7. The lowest BCUT2D eigenvalue weighted by Gasteiger charge is -2.28. The molecule has 0 aliphatic carbocycles. The molecule has 1 fully saturated rings. The van der Waals surface area contributed by atoms with Gasteiger partial charge in [0.25, 0.3) is 0 Å². The Hall–Kier alpha value is -2.04. The molecule has 0 aromatic heterocycles. The number of nitrogens with zero attached hydrogens (tertiary/aromatic N) is 1. The molecule has 0 unspecified atom stereocenters. The van der Waals surface area contributed by atoms with Gasteiger partial charge in [-0.05, 0) is 39.7 Å². The largest absolute Gasteiger partial charge is 0.480 e. The molecule has 1 saturated heterocycles. The van der Waals surface area contributed by atoms with E-state index in [2.05, 4.69) is 0 Å². The van der Waals surface area contributed by atoms with Gasteiger partial charge < -0.3 is 9.84 Å². The van der Waals surface area contributed by atoms with Gasteiger partial charge in [0.05, 0.1) is 0 Å². The molecule has 0 bridgehead atoms. The molecule has 22 heavy (non-hydrogen) atoms. The van der Waals surface area contributed by atoms with Gasteiger partial charge >= 0.3 is 12.1 Å². The van der Waals surface area contributed by atoms with Crippen LogP contribution in [0.15, 0.2) is 24.3 Å². The molecule has 5 heteroatoms. The SMILES string of the molecule is Cc1ccc([C@H]2CCN(C(=O)OC(C)(C)C)[C@H]2C(=O)O)cc1. The second-order valence-electron chi connectivity index (χ2n) is 6.76. The number of rotatable bonds is 2. The molecule has 0 saturated carbocycles. The van der Waals surface area contributed by atoms with E-state index in [0.29, 0.717) is 13.0 Å². The van der Waals surface area contributed by atoms with Crippen molar-refractivity contribution in [2.75, 3.05) is 6.54 Å². The predicted octanol–water partition coefficient (Wildman–Crippen LogP) is 3.17. The maximum Gasteiger partial charge on any atom is 0.411 e. The second-order valence-corrected chi connectivity index (χ2v) is 6.76. The van der Waals surface area contributed by atoms with E-state index in [4.69, 9.17) is 4.74 Å². The van der Waals surface area contributed by atoms with Gasteiger partial charge in [0.2, 0.25) is 0 Å². The Morgan fingerprint density at radius 2 is 1.82 bits per heavy atom. The van der Waals surface area contributed by atoms with E-state index in [0.717, 1.165) is 11.1 Å². The van der Waals surface area contributed by atoms with E-state index in [-0.39, 0.29) is 5.92 Å². The summed E-state index contributed by atoms with van der Waals surface area (Å²) in [5, 5.41) is 9.57. The number of hydrogen-bond donors (Lipinski definition) is 1. The van der Waals surface area contributed by atoms with Crippen molar-refractivity contribution in [2.24, 2.45) is 0 Å². The fourth-order valence-corrected chi connectivity index (χ4v) is 2.79. The van der Waals surface area contributed by atoms with Gasteiger partial charge in [0.1, 0.15) is 11.6 Å². The average molecular weight is 305 g/mol. The number of carboxylic acid groups (broad SMARTS) is 1. The van der Waals surface area contributed by atoms with Crippen molar-refractivity contribution in [1.82, 2.24) is 4.90 Å². The van der Waals surface area contributed by atoms with E-state index < -0.39 is 23.7 Å². The smallest absolute Gasteiger partial charge is 0.411 e. The number of hydrogen-bond acceptors (Lipinski definition) is 3. The fourth-order valence-electron chi connectivity index (χ4n) is 2.79. The molecular formula is C17H23NO4. The summed E-state index contributed by atoms with van der Waals surface area (Å²) in [6, 6.07) is 6.93. The summed E-state index contributed by atoms with van der Waals surface area (Å²) in [5.41, 5.74) is 1.43. The molecule has 1 aliphatic heterocycles. The number of carbonyl (C=O) groups excluding carboxylic acids is 1. The highest BCUT2D eigenvalue weighted by atomic mass is 16.6. The Morgan fingerprint density at radius 3 is 2.32 bits per heavy atom. The fraction of sp³-hybridized carbons (Fsp3) is 0.529. The average Bonchev–Trinajstić information content (AvgIpc) is 2.82. The molecular weight excluding hydrogens is 282 g/mol. The lowest BCUT2D eigenvalue weighted by atomic mass is 9.91. The van der Waals surface area contributed by atoms with E-state index in [1.165, 1.54) is 4.90 Å². The van der Waals surface area contributed by atoms with Crippen LogP contribution in [0.4, 0.5) is 4.79 Å². The Balaban J connectivity index is 2.23. The third-order valence-corrected chi connectivity index (χ3v) is 3.78. The third kappa shape index (κ3) is 3.59. The number of aryl methyl sites for hydroxylation is 1. The number of benzene rings is 1. The quantitative estimate of drug-likeness (QED) is 0.911. The highest BCUT2D eigenvalue weighted by molar-refractivity contribution is 5.82. The van der Waals surface area contributed by atoms with Crippen LogP contribution in [-0.4, -0.2) is 40.3 Å². The van der Waals surface area contributed by atoms with Gasteiger partial charge in [-0.2, -0.15) is 0 Å². The number of ether oxygens (including phenoxy) is 1. The lowest BCUT2D eigenvalue weighted by molar-refractivity contribution is -0.142. The Kier molecular flexibility index (Phi) is 4.44. The van der Waals surface area contributed by atoms with Gasteiger partial charge in [0, 0.05) is 12.5 Å². The summed E-state index contributed by atoms with van der Waals surface area (Å²) in [4.78, 5) is 25.3. The zero-order chi connectivity index (χ0) is 16.5. The first-order valence-electron chi connectivity index (χ1n) is 7.48. The molecule has 1 aromatic rings. The van der Waals surface area contributed by atoms with Crippen molar-refractivity contribution in [3.63, 3.8) is 0 Å². The Bertz CT molecular complexity index is 559. The van der Waals surface area contributed by atoms with Crippen LogP contribution in [-0.2, 0) is 9.53 Å². The maximum atomic E-state index is 12.2. The molecule has 2 atom stereocenters. The third-order valence-electron chi connectivity index (χ3n) is 3.78. The monoisotopic (exact) mass is 305 g/mol. The molecule has 1 aromatic carbocycles. The van der Waals surface area contributed by atoms with E-state index in [1.807, 2.05) is 31.2 Å². The topological polar surface area (TPSA) is 66.8 Å². The van der Waals surface area contributed by atoms with Gasteiger partial charge in [-0.1, -0.05) is 29.8 Å².